The smallest absolute Gasteiger partial charge is 0.321 e. The molecule has 0 radical (unpaired) electrons. The van der Waals surface area contributed by atoms with Gasteiger partial charge in [0.15, 0.2) is 0 Å². The number of hydrogen-bond acceptors (Lipinski definition) is 3. The van der Waals surface area contributed by atoms with Gasteiger partial charge in [0, 0.05) is 32.1 Å². The molecule has 0 bridgehead atoms. The third-order valence-electron chi connectivity index (χ3n) is 4.30. The number of benzene rings is 1. The van der Waals surface area contributed by atoms with Crippen LogP contribution in [0.15, 0.2) is 24.3 Å². The van der Waals surface area contributed by atoms with E-state index in [9.17, 15) is 9.59 Å². The molecule has 0 aliphatic heterocycles. The van der Waals surface area contributed by atoms with E-state index in [0.29, 0.717) is 17.3 Å². The highest BCUT2D eigenvalue weighted by molar-refractivity contribution is 5.93. The molecule has 0 saturated heterocycles. The largest absolute Gasteiger partial charge is 0.375 e. The average Bonchev–Trinajstić information content (AvgIpc) is 2.57. The maximum Gasteiger partial charge on any atom is 0.321 e. The number of ether oxygens (including phenoxy) is 1. The van der Waals surface area contributed by atoms with Crippen LogP contribution in [0, 0.1) is 5.92 Å². The Labute approximate surface area is 143 Å². The van der Waals surface area contributed by atoms with Gasteiger partial charge in [-0.25, -0.2) is 4.79 Å². The Morgan fingerprint density at radius 2 is 1.67 bits per heavy atom. The first-order chi connectivity index (χ1) is 11.6. The van der Waals surface area contributed by atoms with Crippen LogP contribution in [0.25, 0.3) is 0 Å². The van der Waals surface area contributed by atoms with Crippen molar-refractivity contribution in [2.24, 2.45) is 5.92 Å². The standard InChI is InChI=1S/C18H27N3O3/c1-21(12-14-6-4-3-5-7-14)18(23)20-16-10-8-15(9-11-16)19-17(22)13-24-2/h8-11,14H,3-7,12-13H2,1-2H3,(H,19,22)(H,20,23). The summed E-state index contributed by atoms with van der Waals surface area (Å²) in [4.78, 5) is 25.5. The lowest BCUT2D eigenvalue weighted by atomic mass is 9.89. The van der Waals surface area contributed by atoms with Gasteiger partial charge in [0.25, 0.3) is 0 Å². The molecule has 6 nitrogen and oxygen atoms in total. The number of anilines is 2. The molecule has 1 aliphatic rings. The van der Waals surface area contributed by atoms with Crippen molar-refractivity contribution in [3.05, 3.63) is 24.3 Å². The molecule has 0 unspecified atom stereocenters. The molecule has 2 rings (SSSR count). The van der Waals surface area contributed by atoms with Gasteiger partial charge < -0.3 is 20.3 Å². The predicted octanol–water partition coefficient (Wildman–Crippen LogP) is 3.32. The molecule has 0 spiro atoms. The lowest BCUT2D eigenvalue weighted by Crippen LogP contribution is -2.35. The fourth-order valence-corrected chi connectivity index (χ4v) is 3.02. The summed E-state index contributed by atoms with van der Waals surface area (Å²) in [5.74, 6) is 0.411. The molecule has 1 fully saturated rings. The first kappa shape index (κ1) is 18.3. The second-order valence-electron chi connectivity index (χ2n) is 6.37. The normalized spacial score (nSPS) is 14.9. The zero-order valence-corrected chi connectivity index (χ0v) is 14.5. The van der Waals surface area contributed by atoms with Gasteiger partial charge in [-0.15, -0.1) is 0 Å². The molecule has 0 aromatic heterocycles. The lowest BCUT2D eigenvalue weighted by Gasteiger charge is -2.27. The molecule has 0 atom stereocenters. The zero-order chi connectivity index (χ0) is 17.4. The van der Waals surface area contributed by atoms with Gasteiger partial charge in [0.1, 0.15) is 6.61 Å². The summed E-state index contributed by atoms with van der Waals surface area (Å²) >= 11 is 0. The minimum atomic E-state index is -0.207. The number of carbonyl (C=O) groups is 2. The summed E-state index contributed by atoms with van der Waals surface area (Å²) in [6.45, 7) is 0.821. The van der Waals surface area contributed by atoms with Crippen LogP contribution in [-0.2, 0) is 9.53 Å². The van der Waals surface area contributed by atoms with Gasteiger partial charge in [-0.1, -0.05) is 19.3 Å². The van der Waals surface area contributed by atoms with Crippen LogP contribution in [0.2, 0.25) is 0 Å². The highest BCUT2D eigenvalue weighted by Gasteiger charge is 2.18. The zero-order valence-electron chi connectivity index (χ0n) is 14.5. The minimum Gasteiger partial charge on any atom is -0.375 e. The molecular formula is C18H27N3O3. The molecule has 1 aromatic carbocycles. The highest BCUT2D eigenvalue weighted by Crippen LogP contribution is 2.24. The van der Waals surface area contributed by atoms with E-state index in [0.717, 1.165) is 6.54 Å². The Balaban J connectivity index is 1.81. The van der Waals surface area contributed by atoms with Gasteiger partial charge in [-0.05, 0) is 43.0 Å². The minimum absolute atomic E-state index is 0.0183. The number of methoxy groups -OCH3 is 1. The van der Waals surface area contributed by atoms with E-state index in [2.05, 4.69) is 10.6 Å². The first-order valence-electron chi connectivity index (χ1n) is 8.49. The number of urea groups is 1. The quantitative estimate of drug-likeness (QED) is 0.839. The van der Waals surface area contributed by atoms with Gasteiger partial charge in [-0.3, -0.25) is 4.79 Å². The fourth-order valence-electron chi connectivity index (χ4n) is 3.02. The van der Waals surface area contributed by atoms with Gasteiger partial charge >= 0.3 is 6.03 Å². The second kappa shape index (κ2) is 9.27. The van der Waals surface area contributed by atoms with Crippen molar-refractivity contribution in [2.45, 2.75) is 32.1 Å². The van der Waals surface area contributed by atoms with Crippen LogP contribution in [0.4, 0.5) is 16.2 Å². The number of nitrogens with one attached hydrogen (secondary N) is 2. The Kier molecular flexibility index (Phi) is 7.06. The van der Waals surface area contributed by atoms with Gasteiger partial charge in [-0.2, -0.15) is 0 Å². The summed E-state index contributed by atoms with van der Waals surface area (Å²) < 4.78 is 4.77. The van der Waals surface area contributed by atoms with Crippen LogP contribution in [-0.4, -0.2) is 44.1 Å². The molecule has 132 valence electrons. The van der Waals surface area contributed by atoms with E-state index in [1.165, 1.54) is 39.2 Å². The van der Waals surface area contributed by atoms with Crippen molar-refractivity contribution < 1.29 is 14.3 Å². The predicted molar refractivity (Wildman–Crippen MR) is 95.2 cm³/mol. The van der Waals surface area contributed by atoms with E-state index in [4.69, 9.17) is 4.74 Å². The molecule has 2 N–H and O–H groups in total. The third kappa shape index (κ3) is 5.85. The van der Waals surface area contributed by atoms with Crippen LogP contribution in [0.5, 0.6) is 0 Å². The van der Waals surface area contributed by atoms with Crippen molar-refractivity contribution in [3.8, 4) is 0 Å². The van der Waals surface area contributed by atoms with E-state index < -0.39 is 0 Å². The van der Waals surface area contributed by atoms with E-state index in [1.807, 2.05) is 7.05 Å². The fraction of sp³-hybridized carbons (Fsp3) is 0.556. The first-order valence-corrected chi connectivity index (χ1v) is 8.49. The maximum atomic E-state index is 12.3. The monoisotopic (exact) mass is 333 g/mol. The third-order valence-corrected chi connectivity index (χ3v) is 4.30. The van der Waals surface area contributed by atoms with Crippen LogP contribution in [0.1, 0.15) is 32.1 Å². The Bertz CT molecular complexity index is 539. The molecule has 1 aromatic rings. The number of amides is 3. The van der Waals surface area contributed by atoms with Crippen LogP contribution < -0.4 is 10.6 Å². The van der Waals surface area contributed by atoms with E-state index in [1.54, 1.807) is 29.2 Å². The SMILES string of the molecule is COCC(=O)Nc1ccc(NC(=O)N(C)CC2CCCCC2)cc1. The summed E-state index contributed by atoms with van der Waals surface area (Å²) in [5.41, 5.74) is 1.38. The van der Waals surface area contributed by atoms with Gasteiger partial charge in [0.05, 0.1) is 0 Å². The number of carbonyl (C=O) groups excluding carboxylic acids is 2. The number of nitrogens with zero attached hydrogens (tertiary/aromatic N) is 1. The lowest BCUT2D eigenvalue weighted by molar-refractivity contribution is -0.119. The van der Waals surface area contributed by atoms with Gasteiger partial charge in [0.2, 0.25) is 5.91 Å². The number of hydrogen-bond donors (Lipinski definition) is 2. The maximum absolute atomic E-state index is 12.3. The van der Waals surface area contributed by atoms with Crippen molar-refractivity contribution in [2.75, 3.05) is 37.9 Å². The Morgan fingerprint density at radius 3 is 2.25 bits per heavy atom. The van der Waals surface area contributed by atoms with Crippen molar-refractivity contribution >= 4 is 23.3 Å². The van der Waals surface area contributed by atoms with Crippen LogP contribution >= 0.6 is 0 Å². The Hall–Kier alpha value is -2.08. The summed E-state index contributed by atoms with van der Waals surface area (Å²) in [6, 6.07) is 6.95. The molecule has 1 saturated carbocycles. The molecule has 3 amide bonds. The molecule has 1 aliphatic carbocycles. The summed E-state index contributed by atoms with van der Waals surface area (Å²) in [7, 11) is 3.31. The van der Waals surface area contributed by atoms with Crippen molar-refractivity contribution in [3.63, 3.8) is 0 Å². The molecule has 6 heteroatoms. The van der Waals surface area contributed by atoms with Crippen molar-refractivity contribution in [1.29, 1.82) is 0 Å². The van der Waals surface area contributed by atoms with E-state index >= 15 is 0 Å². The topological polar surface area (TPSA) is 70.7 Å². The van der Waals surface area contributed by atoms with Crippen molar-refractivity contribution in [1.82, 2.24) is 4.90 Å². The molecule has 24 heavy (non-hydrogen) atoms. The number of rotatable bonds is 6. The molecule has 0 heterocycles. The van der Waals surface area contributed by atoms with E-state index in [-0.39, 0.29) is 18.5 Å². The highest BCUT2D eigenvalue weighted by atomic mass is 16.5. The second-order valence-corrected chi connectivity index (χ2v) is 6.37. The summed E-state index contributed by atoms with van der Waals surface area (Å²) in [5, 5.41) is 5.60. The molecular weight excluding hydrogens is 306 g/mol. The Morgan fingerprint density at radius 1 is 1.08 bits per heavy atom. The van der Waals surface area contributed by atoms with Crippen LogP contribution in [0.3, 0.4) is 0 Å². The average molecular weight is 333 g/mol. The summed E-state index contributed by atoms with van der Waals surface area (Å²) in [6.07, 6.45) is 6.30.